The molecule has 0 aromatic rings. The van der Waals surface area contributed by atoms with Crippen LogP contribution in [-0.2, 0) is 57.0 Å². The number of ether oxygens (including phenoxy) is 10. The standard InChI is InChI=1S/C48H72O14.C3H6O/c1-11-25(2)43-28(5)17-18-47(62-43)23-34-20-33(61-47)16-15-27(4)42(26(3)13-12-14-32-24-55-45-40(49)29(6)19-35(46(51)58-34)48(32,45)52)59-39-22-37(54-10)44(31(8)57-39)60-38-21-36(53-9)41(50)30(7)56-38;1-3(2)4/h12-15,17-19,25-26,28,30-31,33-45,49-50,52H,11,16,20-24H2,1-10H3;1-2H3/b13-12+,27-15+,32-14+;/t25-,26-,28-,30-,31-,33+,34-,35-,36-,37-,38-,39-,40+,41-,42-,43+,44-,45+,47+,48+;/m0./s1. The summed E-state index contributed by atoms with van der Waals surface area (Å²) >= 11 is 0. The van der Waals surface area contributed by atoms with Gasteiger partial charge in [0.2, 0.25) is 0 Å². The number of esters is 1. The van der Waals surface area contributed by atoms with Crippen molar-refractivity contribution in [2.75, 3.05) is 20.8 Å². The number of hydrogen-bond donors (Lipinski definition) is 3. The number of hydrogen-bond acceptors (Lipinski definition) is 15. The molecule has 0 unspecified atom stereocenters. The van der Waals surface area contributed by atoms with E-state index < -0.39 is 90.8 Å². The molecule has 0 aromatic carbocycles. The Bertz CT molecular complexity index is 1820. The summed E-state index contributed by atoms with van der Waals surface area (Å²) in [6, 6.07) is 0. The minimum absolute atomic E-state index is 0.0317. The van der Waals surface area contributed by atoms with Gasteiger partial charge in [0.1, 0.15) is 47.8 Å². The molecule has 3 N–H and O–H groups in total. The Morgan fingerprint density at radius 1 is 0.894 bits per heavy atom. The monoisotopic (exact) mass is 931 g/mol. The molecule has 1 aliphatic carbocycles. The summed E-state index contributed by atoms with van der Waals surface area (Å²) in [4.78, 5) is 23.8. The minimum Gasteiger partial charge on any atom is -0.462 e. The molecule has 0 saturated carbocycles. The second kappa shape index (κ2) is 22.4. The number of carbonyl (C=O) groups excluding carboxylic acids is 2. The van der Waals surface area contributed by atoms with E-state index in [2.05, 4.69) is 39.8 Å². The number of aliphatic hydroxyl groups is 3. The van der Waals surface area contributed by atoms with Crippen LogP contribution < -0.4 is 0 Å². The molecule has 372 valence electrons. The molecule has 20 atom stereocenters. The van der Waals surface area contributed by atoms with Crippen LogP contribution in [0.25, 0.3) is 0 Å². The van der Waals surface area contributed by atoms with Gasteiger partial charge >= 0.3 is 5.97 Å². The van der Waals surface area contributed by atoms with Crippen molar-refractivity contribution in [1.82, 2.24) is 0 Å². The Kier molecular flexibility index (Phi) is 17.9. The molecule has 7 rings (SSSR count). The van der Waals surface area contributed by atoms with Crippen molar-refractivity contribution < 1.29 is 72.3 Å². The van der Waals surface area contributed by atoms with Gasteiger partial charge < -0.3 is 67.5 Å². The van der Waals surface area contributed by atoms with E-state index in [0.29, 0.717) is 43.3 Å². The van der Waals surface area contributed by atoms with Crippen LogP contribution in [-0.4, -0.2) is 145 Å². The first-order valence-electron chi connectivity index (χ1n) is 24.1. The number of carbonyl (C=O) groups is 2. The zero-order chi connectivity index (χ0) is 48.2. The summed E-state index contributed by atoms with van der Waals surface area (Å²) in [7, 11) is 3.22. The van der Waals surface area contributed by atoms with E-state index in [0.717, 1.165) is 12.0 Å². The highest BCUT2D eigenvalue weighted by atomic mass is 16.7. The smallest absolute Gasteiger partial charge is 0.316 e. The van der Waals surface area contributed by atoms with Gasteiger partial charge in [0.05, 0.1) is 49.3 Å². The van der Waals surface area contributed by atoms with Gasteiger partial charge in [0.15, 0.2) is 18.4 Å². The minimum atomic E-state index is -1.84. The Labute approximate surface area is 391 Å². The van der Waals surface area contributed by atoms with Crippen molar-refractivity contribution in [1.29, 1.82) is 0 Å². The molecular formula is C51H78O15. The van der Waals surface area contributed by atoms with Crippen LogP contribution in [0.2, 0.25) is 0 Å². The van der Waals surface area contributed by atoms with Crippen LogP contribution in [0.3, 0.4) is 0 Å². The van der Waals surface area contributed by atoms with Crippen LogP contribution in [0.5, 0.6) is 0 Å². The number of fused-ring (bicyclic) bond motifs is 2. The Balaban J connectivity index is 0.00000173. The summed E-state index contributed by atoms with van der Waals surface area (Å²) in [5, 5.41) is 34.2. The lowest BCUT2D eigenvalue weighted by atomic mass is 9.71. The molecule has 6 aliphatic heterocycles. The van der Waals surface area contributed by atoms with E-state index in [1.165, 1.54) is 13.8 Å². The molecule has 66 heavy (non-hydrogen) atoms. The maximum absolute atomic E-state index is 14.3. The van der Waals surface area contributed by atoms with Crippen molar-refractivity contribution in [2.45, 2.75) is 205 Å². The maximum Gasteiger partial charge on any atom is 0.316 e. The lowest BCUT2D eigenvalue weighted by Gasteiger charge is -2.48. The fraction of sp³-hybridized carbons (Fsp3) is 0.765. The normalized spacial score (nSPS) is 46.6. The zero-order valence-corrected chi connectivity index (χ0v) is 41.1. The molecule has 15 heteroatoms. The average molecular weight is 931 g/mol. The molecule has 15 nitrogen and oxygen atoms in total. The average Bonchev–Trinajstić information content (AvgIpc) is 3.61. The van der Waals surface area contributed by atoms with Crippen LogP contribution in [0, 0.1) is 23.7 Å². The second-order valence-electron chi connectivity index (χ2n) is 19.9. The third kappa shape index (κ3) is 11.7. The molecule has 4 saturated heterocycles. The Morgan fingerprint density at radius 2 is 1.56 bits per heavy atom. The van der Waals surface area contributed by atoms with Crippen molar-refractivity contribution in [3.63, 3.8) is 0 Å². The van der Waals surface area contributed by atoms with Crippen molar-refractivity contribution in [3.05, 3.63) is 59.3 Å². The molecule has 6 heterocycles. The summed E-state index contributed by atoms with van der Waals surface area (Å²) in [5.74, 6) is -2.40. The largest absolute Gasteiger partial charge is 0.462 e. The first kappa shape index (κ1) is 52.7. The number of ketones is 1. The number of rotatable bonds is 8. The van der Waals surface area contributed by atoms with Crippen LogP contribution in [0.4, 0.5) is 0 Å². The predicted octanol–water partition coefficient (Wildman–Crippen LogP) is 5.97. The predicted molar refractivity (Wildman–Crippen MR) is 244 cm³/mol. The van der Waals surface area contributed by atoms with Gasteiger partial charge in [-0.2, -0.15) is 0 Å². The van der Waals surface area contributed by atoms with E-state index in [9.17, 15) is 24.9 Å². The first-order chi connectivity index (χ1) is 31.2. The van der Waals surface area contributed by atoms with Crippen molar-refractivity contribution in [2.24, 2.45) is 23.7 Å². The van der Waals surface area contributed by atoms with Gasteiger partial charge in [-0.3, -0.25) is 4.79 Å². The number of aliphatic hydroxyl groups excluding tert-OH is 2. The van der Waals surface area contributed by atoms with E-state index in [-0.39, 0.29) is 48.5 Å². The van der Waals surface area contributed by atoms with Crippen LogP contribution in [0.1, 0.15) is 108 Å². The molecule has 7 aliphatic rings. The topological polar surface area (TPSA) is 187 Å². The molecule has 4 fully saturated rings. The quantitative estimate of drug-likeness (QED) is 0.191. The highest BCUT2D eigenvalue weighted by molar-refractivity contribution is 5.78. The molecular weight excluding hydrogens is 853 g/mol. The van der Waals surface area contributed by atoms with E-state index in [4.69, 9.17) is 47.4 Å². The highest BCUT2D eigenvalue weighted by Crippen LogP contribution is 2.47. The van der Waals surface area contributed by atoms with Gasteiger partial charge in [-0.25, -0.2) is 0 Å². The lowest BCUT2D eigenvalue weighted by Crippen LogP contribution is -2.58. The third-order valence-electron chi connectivity index (χ3n) is 14.5. The first-order valence-corrected chi connectivity index (χ1v) is 24.1. The van der Waals surface area contributed by atoms with Crippen molar-refractivity contribution >= 4 is 11.8 Å². The fourth-order valence-electron chi connectivity index (χ4n) is 10.6. The Morgan fingerprint density at radius 3 is 2.24 bits per heavy atom. The van der Waals surface area contributed by atoms with Gasteiger partial charge in [-0.1, -0.05) is 70.6 Å². The van der Waals surface area contributed by atoms with Gasteiger partial charge in [-0.15, -0.1) is 0 Å². The zero-order valence-electron chi connectivity index (χ0n) is 41.1. The fourth-order valence-corrected chi connectivity index (χ4v) is 10.6. The summed E-state index contributed by atoms with van der Waals surface area (Å²) in [6.45, 7) is 19.1. The van der Waals surface area contributed by atoms with E-state index >= 15 is 0 Å². The lowest BCUT2D eigenvalue weighted by molar-refractivity contribution is -0.318. The number of methoxy groups -OCH3 is 2. The SMILES string of the molecule is CC(C)=O.CC[C@H](C)[C@H]1O[C@]2(C=C[C@@H]1C)C[C@@H]1C[C@@H](C/C=C(\C)[C@@H](O[C@H]3C[C@H](OC)[C@@H](O[C@H]4C[C@H](OC)[C@@H](O)[C@H](C)O4)[C@H](C)O3)[C@@H](C)/C=C/C=C3\CO[C@@H]4[C@H](O)C(C)=C[C@@H](C(=O)O1)[C@]34O)O2. The molecule has 0 aromatic heterocycles. The van der Waals surface area contributed by atoms with E-state index in [1.54, 1.807) is 40.2 Å². The second-order valence-corrected chi connectivity index (χ2v) is 19.9. The molecule has 0 radical (unpaired) electrons. The molecule has 2 bridgehead atoms. The van der Waals surface area contributed by atoms with Gasteiger partial charge in [0.25, 0.3) is 0 Å². The summed E-state index contributed by atoms with van der Waals surface area (Å²) in [6.07, 6.45) is 8.55. The summed E-state index contributed by atoms with van der Waals surface area (Å²) < 4.78 is 63.7. The third-order valence-corrected chi connectivity index (χ3v) is 14.5. The van der Waals surface area contributed by atoms with E-state index in [1.807, 2.05) is 32.1 Å². The highest BCUT2D eigenvalue weighted by Gasteiger charge is 2.60. The number of allylic oxidation sites excluding steroid dienone is 2. The van der Waals surface area contributed by atoms with Gasteiger partial charge in [0, 0.05) is 51.7 Å². The van der Waals surface area contributed by atoms with Crippen molar-refractivity contribution in [3.8, 4) is 0 Å². The molecule has 1 spiro atoms. The Hall–Kier alpha value is -2.64. The van der Waals surface area contributed by atoms with Gasteiger partial charge in [-0.05, 0) is 76.7 Å². The van der Waals surface area contributed by atoms with Crippen LogP contribution in [0.15, 0.2) is 59.3 Å². The summed E-state index contributed by atoms with van der Waals surface area (Å²) in [5.41, 5.74) is 0.134. The van der Waals surface area contributed by atoms with Crippen LogP contribution >= 0.6 is 0 Å². The maximum atomic E-state index is 14.3. The molecule has 0 amide bonds. The number of Topliss-reactive ketones (excluding diaryl/α,β-unsaturated/α-hetero) is 1.